The van der Waals surface area contributed by atoms with Gasteiger partial charge >= 0.3 is 6.18 Å². The van der Waals surface area contributed by atoms with E-state index in [0.717, 1.165) is 34.5 Å². The van der Waals surface area contributed by atoms with Crippen LogP contribution in [0.4, 0.5) is 13.2 Å². The van der Waals surface area contributed by atoms with Crippen LogP contribution in [0, 0.1) is 13.8 Å². The van der Waals surface area contributed by atoms with Crippen LogP contribution in [0.5, 0.6) is 0 Å². The zero-order valence-corrected chi connectivity index (χ0v) is 19.7. The van der Waals surface area contributed by atoms with Gasteiger partial charge in [0.1, 0.15) is 5.01 Å². The maximum Gasteiger partial charge on any atom is 0.434 e. The first-order chi connectivity index (χ1) is 12.6. The van der Waals surface area contributed by atoms with E-state index in [4.69, 9.17) is 0 Å². The highest BCUT2D eigenvalue weighted by atomic mass is 127. The molecule has 6 nitrogen and oxygen atoms in total. The molecule has 2 N–H and O–H groups in total. The average molecular weight is 530 g/mol. The van der Waals surface area contributed by atoms with Gasteiger partial charge in [0.15, 0.2) is 11.7 Å². The molecule has 0 saturated heterocycles. The molecule has 0 radical (unpaired) electrons. The summed E-state index contributed by atoms with van der Waals surface area (Å²) in [4.78, 5) is 7.97. The average Bonchev–Trinajstić information content (AvgIpc) is 3.14. The van der Waals surface area contributed by atoms with Crippen LogP contribution in [0.2, 0.25) is 0 Å². The third-order valence-corrected chi connectivity index (χ3v) is 4.94. The summed E-state index contributed by atoms with van der Waals surface area (Å²) in [6, 6.07) is 0.0754. The summed E-state index contributed by atoms with van der Waals surface area (Å²) in [5.74, 6) is 0.549. The first-order valence-corrected chi connectivity index (χ1v) is 9.55. The summed E-state index contributed by atoms with van der Waals surface area (Å²) in [5.41, 5.74) is 2.42. The van der Waals surface area contributed by atoms with Crippen LogP contribution in [0.25, 0.3) is 0 Å². The van der Waals surface area contributed by atoms with Crippen molar-refractivity contribution in [1.29, 1.82) is 0 Å². The molecule has 0 bridgehead atoms. The second-order valence-electron chi connectivity index (χ2n) is 6.34. The molecule has 0 aromatic carbocycles. The predicted octanol–water partition coefficient (Wildman–Crippen LogP) is 3.82. The molecule has 0 spiro atoms. The van der Waals surface area contributed by atoms with Gasteiger partial charge in [-0.05, 0) is 39.7 Å². The number of hydrogen-bond acceptors (Lipinski definition) is 4. The number of aryl methyl sites for hydroxylation is 2. The number of hydrogen-bond donors (Lipinski definition) is 2. The molecule has 0 amide bonds. The smallest absolute Gasteiger partial charge is 0.357 e. The van der Waals surface area contributed by atoms with Crippen molar-refractivity contribution in [3.63, 3.8) is 0 Å². The molecule has 158 valence electrons. The number of halogens is 4. The van der Waals surface area contributed by atoms with Crippen LogP contribution in [0.3, 0.4) is 0 Å². The molecule has 1 atom stereocenters. The topological polar surface area (TPSA) is 67.1 Å². The van der Waals surface area contributed by atoms with Crippen LogP contribution in [-0.2, 0) is 26.2 Å². The van der Waals surface area contributed by atoms with E-state index < -0.39 is 11.9 Å². The summed E-state index contributed by atoms with van der Waals surface area (Å²) >= 11 is 0.960. The minimum Gasteiger partial charge on any atom is -0.357 e. The van der Waals surface area contributed by atoms with Gasteiger partial charge < -0.3 is 10.6 Å². The SMILES string of the molecule is CCNC(=NCc1nc(C(F)(F)F)cs1)NC(C)Cc1c(C)nn(C)c1C.I. The van der Waals surface area contributed by atoms with Crippen LogP contribution < -0.4 is 10.6 Å². The summed E-state index contributed by atoms with van der Waals surface area (Å²) in [6.07, 6.45) is -3.65. The quantitative estimate of drug-likeness (QED) is 0.339. The monoisotopic (exact) mass is 530 g/mol. The third kappa shape index (κ3) is 6.61. The van der Waals surface area contributed by atoms with E-state index in [2.05, 4.69) is 25.7 Å². The zero-order valence-electron chi connectivity index (χ0n) is 16.5. The molecule has 2 heterocycles. The lowest BCUT2D eigenvalue weighted by Gasteiger charge is -2.18. The van der Waals surface area contributed by atoms with E-state index in [1.54, 1.807) is 0 Å². The fourth-order valence-corrected chi connectivity index (χ4v) is 3.41. The van der Waals surface area contributed by atoms with Gasteiger partial charge in [-0.2, -0.15) is 18.3 Å². The Kier molecular flexibility index (Phi) is 9.18. The van der Waals surface area contributed by atoms with Gasteiger partial charge in [-0.3, -0.25) is 4.68 Å². The molecule has 0 saturated carbocycles. The second kappa shape index (κ2) is 10.4. The molecule has 1 unspecified atom stereocenters. The predicted molar refractivity (Wildman–Crippen MR) is 116 cm³/mol. The molecule has 2 aromatic rings. The Labute approximate surface area is 184 Å². The minimum atomic E-state index is -4.42. The highest BCUT2D eigenvalue weighted by molar-refractivity contribution is 14.0. The van der Waals surface area contributed by atoms with Gasteiger partial charge in [0.05, 0.1) is 12.2 Å². The third-order valence-electron chi connectivity index (χ3n) is 4.11. The summed E-state index contributed by atoms with van der Waals surface area (Å²) in [5, 5.41) is 12.2. The van der Waals surface area contributed by atoms with Crippen molar-refractivity contribution in [1.82, 2.24) is 25.4 Å². The molecule has 0 aliphatic heterocycles. The van der Waals surface area contributed by atoms with Gasteiger partial charge in [-0.15, -0.1) is 35.3 Å². The molecule has 0 aliphatic rings. The first kappa shape index (κ1) is 24.7. The van der Waals surface area contributed by atoms with Gasteiger partial charge in [-0.1, -0.05) is 0 Å². The highest BCUT2D eigenvalue weighted by Crippen LogP contribution is 2.30. The number of guanidine groups is 1. The molecular weight excluding hydrogens is 504 g/mol. The van der Waals surface area contributed by atoms with Crippen LogP contribution in [-0.4, -0.2) is 33.3 Å². The van der Waals surface area contributed by atoms with Crippen molar-refractivity contribution in [3.8, 4) is 0 Å². The lowest BCUT2D eigenvalue weighted by molar-refractivity contribution is -0.140. The van der Waals surface area contributed by atoms with Crippen LogP contribution in [0.1, 0.15) is 41.5 Å². The molecule has 0 aliphatic carbocycles. The number of nitrogens with zero attached hydrogens (tertiary/aromatic N) is 4. The maximum absolute atomic E-state index is 12.6. The summed E-state index contributed by atoms with van der Waals surface area (Å²) in [6.45, 7) is 8.71. The van der Waals surface area contributed by atoms with Gasteiger partial charge in [-0.25, -0.2) is 9.98 Å². The van der Waals surface area contributed by atoms with E-state index in [0.29, 0.717) is 17.5 Å². The first-order valence-electron chi connectivity index (χ1n) is 8.67. The number of thiazole rings is 1. The normalized spacial score (nSPS) is 13.2. The highest BCUT2D eigenvalue weighted by Gasteiger charge is 2.33. The van der Waals surface area contributed by atoms with E-state index in [9.17, 15) is 13.2 Å². The van der Waals surface area contributed by atoms with E-state index in [1.165, 1.54) is 5.56 Å². The summed E-state index contributed by atoms with van der Waals surface area (Å²) in [7, 11) is 1.92. The molecular formula is C17H26F3IN6S. The van der Waals surface area contributed by atoms with E-state index in [1.807, 2.05) is 39.4 Å². The Hall–Kier alpha value is -1.37. The molecule has 0 fully saturated rings. The Morgan fingerprint density at radius 1 is 1.36 bits per heavy atom. The van der Waals surface area contributed by atoms with Crippen molar-refractivity contribution in [2.75, 3.05) is 6.54 Å². The van der Waals surface area contributed by atoms with Crippen molar-refractivity contribution in [3.05, 3.63) is 33.0 Å². The number of aromatic nitrogens is 3. The molecule has 2 rings (SSSR count). The van der Waals surface area contributed by atoms with Gasteiger partial charge in [0.2, 0.25) is 0 Å². The number of nitrogens with one attached hydrogen (secondary N) is 2. The lowest BCUT2D eigenvalue weighted by Crippen LogP contribution is -2.43. The standard InChI is InChI=1S/C17H25F3N6S.HI/c1-6-21-16(22-8-15-24-14(9-27-15)17(18,19)20)23-10(2)7-13-11(3)25-26(5)12(13)4;/h9-10H,6-8H2,1-5H3,(H2,21,22,23);1H. The fourth-order valence-electron chi connectivity index (χ4n) is 2.68. The second-order valence-corrected chi connectivity index (χ2v) is 7.28. The van der Waals surface area contributed by atoms with Crippen LogP contribution >= 0.6 is 35.3 Å². The van der Waals surface area contributed by atoms with Crippen molar-refractivity contribution >= 4 is 41.3 Å². The largest absolute Gasteiger partial charge is 0.434 e. The number of alkyl halides is 3. The molecule has 11 heteroatoms. The van der Waals surface area contributed by atoms with Crippen molar-refractivity contribution in [2.45, 2.75) is 52.9 Å². The zero-order chi connectivity index (χ0) is 20.2. The Bertz CT molecular complexity index is 799. The van der Waals surface area contributed by atoms with Crippen molar-refractivity contribution in [2.24, 2.45) is 12.0 Å². The lowest BCUT2D eigenvalue weighted by atomic mass is 10.1. The maximum atomic E-state index is 12.6. The fraction of sp³-hybridized carbons (Fsp3) is 0.588. The Morgan fingerprint density at radius 3 is 2.54 bits per heavy atom. The molecule has 28 heavy (non-hydrogen) atoms. The van der Waals surface area contributed by atoms with E-state index >= 15 is 0 Å². The number of aliphatic imine (C=N–C) groups is 1. The minimum absolute atomic E-state index is 0. The van der Waals surface area contributed by atoms with Crippen LogP contribution in [0.15, 0.2) is 10.4 Å². The molecule has 2 aromatic heterocycles. The van der Waals surface area contributed by atoms with E-state index in [-0.39, 0.29) is 36.6 Å². The van der Waals surface area contributed by atoms with Gasteiger partial charge in [0, 0.05) is 30.7 Å². The van der Waals surface area contributed by atoms with Gasteiger partial charge in [0.25, 0.3) is 0 Å². The Balaban J connectivity index is 0.00000392. The summed E-state index contributed by atoms with van der Waals surface area (Å²) < 4.78 is 39.8. The number of rotatable bonds is 6. The Morgan fingerprint density at radius 2 is 2.04 bits per heavy atom. The van der Waals surface area contributed by atoms with Crippen molar-refractivity contribution < 1.29 is 13.2 Å².